The first-order chi connectivity index (χ1) is 17.4. The Kier molecular flexibility index (Phi) is 6.98. The maximum absolute atomic E-state index is 13.8. The number of phenolic OH excluding ortho intramolecular Hbond substituents is 1. The average Bonchev–Trinajstić information content (AvgIpc) is 2.82. The van der Waals surface area contributed by atoms with Crippen LogP contribution in [0.3, 0.4) is 0 Å². The molecule has 1 unspecified atom stereocenters. The SMILES string of the molecule is CCC(C)CNCc1ccc(O)c2c1C[C@H]1C[C@H]3[C@H](C(C)C)C(=O)C(C(N)=O)=C(O)[C@@]3(O)C(=O)C1=C2O. The van der Waals surface area contributed by atoms with Crippen molar-refractivity contribution in [3.8, 4) is 5.75 Å². The molecule has 3 aliphatic carbocycles. The van der Waals surface area contributed by atoms with Gasteiger partial charge in [-0.05, 0) is 54.3 Å². The highest BCUT2D eigenvalue weighted by molar-refractivity contribution is 6.23. The maximum atomic E-state index is 13.8. The maximum Gasteiger partial charge on any atom is 0.255 e. The number of carbonyl (C=O) groups excluding carboxylic acids is 3. The number of fused-ring (bicyclic) bond motifs is 3. The number of aliphatic hydroxyl groups excluding tert-OH is 2. The molecule has 3 aliphatic rings. The van der Waals surface area contributed by atoms with Crippen molar-refractivity contribution in [2.24, 2.45) is 35.3 Å². The Morgan fingerprint density at radius 2 is 1.86 bits per heavy atom. The van der Waals surface area contributed by atoms with Crippen LogP contribution in [-0.4, -0.2) is 50.0 Å². The lowest BCUT2D eigenvalue weighted by molar-refractivity contribution is -0.155. The summed E-state index contributed by atoms with van der Waals surface area (Å²) in [4.78, 5) is 39.1. The Bertz CT molecular complexity index is 1230. The van der Waals surface area contributed by atoms with Gasteiger partial charge in [-0.3, -0.25) is 14.4 Å². The molecule has 37 heavy (non-hydrogen) atoms. The molecule has 4 rings (SSSR count). The number of amides is 1. The Labute approximate surface area is 216 Å². The lowest BCUT2D eigenvalue weighted by atomic mass is 9.54. The largest absolute Gasteiger partial charge is 0.508 e. The minimum atomic E-state index is -2.59. The summed E-state index contributed by atoms with van der Waals surface area (Å²) in [6.07, 6.45) is 1.44. The van der Waals surface area contributed by atoms with E-state index in [0.29, 0.717) is 24.4 Å². The van der Waals surface area contributed by atoms with Gasteiger partial charge in [0, 0.05) is 24.0 Å². The number of Topliss-reactive ketones (excluding diaryl/α,β-unsaturated/α-hetero) is 2. The van der Waals surface area contributed by atoms with Crippen LogP contribution >= 0.6 is 0 Å². The second-order valence-corrected chi connectivity index (χ2v) is 11.1. The van der Waals surface area contributed by atoms with Gasteiger partial charge in [0.05, 0.1) is 5.56 Å². The molecule has 9 heteroatoms. The van der Waals surface area contributed by atoms with Crippen molar-refractivity contribution in [1.29, 1.82) is 0 Å². The van der Waals surface area contributed by atoms with E-state index in [-0.39, 0.29) is 29.2 Å². The number of nitrogens with one attached hydrogen (secondary N) is 1. The van der Waals surface area contributed by atoms with Crippen LogP contribution < -0.4 is 11.1 Å². The molecule has 200 valence electrons. The van der Waals surface area contributed by atoms with Gasteiger partial charge in [0.15, 0.2) is 11.4 Å². The minimum absolute atomic E-state index is 0.112. The highest BCUT2D eigenvalue weighted by Crippen LogP contribution is 2.54. The van der Waals surface area contributed by atoms with Gasteiger partial charge in [-0.1, -0.05) is 40.2 Å². The summed E-state index contributed by atoms with van der Waals surface area (Å²) in [6, 6.07) is 3.24. The highest BCUT2D eigenvalue weighted by atomic mass is 16.3. The summed E-state index contributed by atoms with van der Waals surface area (Å²) < 4.78 is 0. The Morgan fingerprint density at radius 3 is 2.46 bits per heavy atom. The second kappa shape index (κ2) is 9.61. The first-order valence-corrected chi connectivity index (χ1v) is 12.9. The molecular weight excluding hydrogens is 476 g/mol. The van der Waals surface area contributed by atoms with Crippen molar-refractivity contribution < 1.29 is 34.8 Å². The molecule has 0 heterocycles. The van der Waals surface area contributed by atoms with Gasteiger partial charge in [0.1, 0.15) is 22.8 Å². The number of aliphatic hydroxyl groups is 3. The summed E-state index contributed by atoms with van der Waals surface area (Å²) >= 11 is 0. The molecule has 1 aromatic rings. The Hall–Kier alpha value is -3.17. The summed E-state index contributed by atoms with van der Waals surface area (Å²) in [5.74, 6) is -7.02. The predicted octanol–water partition coefficient (Wildman–Crippen LogP) is 2.44. The third kappa shape index (κ3) is 4.05. The molecular formula is C28H36N2O7. The molecule has 0 bridgehead atoms. The third-order valence-electron chi connectivity index (χ3n) is 8.45. The molecule has 5 atom stereocenters. The van der Waals surface area contributed by atoms with Gasteiger partial charge in [-0.15, -0.1) is 0 Å². The van der Waals surface area contributed by atoms with Crippen LogP contribution in [0.1, 0.15) is 57.2 Å². The second-order valence-electron chi connectivity index (χ2n) is 11.1. The normalized spacial score (nSPS) is 28.2. The van der Waals surface area contributed by atoms with Gasteiger partial charge in [0.25, 0.3) is 5.91 Å². The molecule has 7 N–H and O–H groups in total. The van der Waals surface area contributed by atoms with Gasteiger partial charge >= 0.3 is 0 Å². The van der Waals surface area contributed by atoms with Crippen LogP contribution in [0.2, 0.25) is 0 Å². The van der Waals surface area contributed by atoms with E-state index in [0.717, 1.165) is 18.5 Å². The number of hydrogen-bond donors (Lipinski definition) is 6. The Balaban J connectivity index is 1.84. The van der Waals surface area contributed by atoms with Crippen LogP contribution in [0.4, 0.5) is 0 Å². The van der Waals surface area contributed by atoms with Crippen LogP contribution in [-0.2, 0) is 27.3 Å². The summed E-state index contributed by atoms with van der Waals surface area (Å²) in [7, 11) is 0. The van der Waals surface area contributed by atoms with Gasteiger partial charge < -0.3 is 31.5 Å². The lowest BCUT2D eigenvalue weighted by Crippen LogP contribution is -2.62. The molecule has 1 saturated carbocycles. The van der Waals surface area contributed by atoms with E-state index in [1.165, 1.54) is 6.07 Å². The summed E-state index contributed by atoms with van der Waals surface area (Å²) in [5.41, 5.74) is 3.55. The number of primary amides is 1. The smallest absolute Gasteiger partial charge is 0.255 e. The zero-order valence-electron chi connectivity index (χ0n) is 21.7. The molecule has 1 amide bonds. The minimum Gasteiger partial charge on any atom is -0.508 e. The average molecular weight is 513 g/mol. The zero-order chi connectivity index (χ0) is 27.4. The quantitative estimate of drug-likeness (QED) is 0.303. The molecule has 1 aromatic carbocycles. The molecule has 0 aliphatic heterocycles. The van der Waals surface area contributed by atoms with Crippen LogP contribution in [0, 0.1) is 29.6 Å². The van der Waals surface area contributed by atoms with Gasteiger partial charge in [-0.2, -0.15) is 0 Å². The number of nitrogens with two attached hydrogens (primary N) is 1. The highest BCUT2D eigenvalue weighted by Gasteiger charge is 2.64. The fourth-order valence-corrected chi connectivity index (χ4v) is 6.31. The molecule has 9 nitrogen and oxygen atoms in total. The molecule has 0 radical (unpaired) electrons. The molecule has 0 spiro atoms. The van der Waals surface area contributed by atoms with Crippen molar-refractivity contribution in [2.75, 3.05) is 6.54 Å². The van der Waals surface area contributed by atoms with Crippen molar-refractivity contribution in [3.05, 3.63) is 45.7 Å². The van der Waals surface area contributed by atoms with E-state index in [1.807, 2.05) is 0 Å². The molecule has 0 saturated heterocycles. The first kappa shape index (κ1) is 26.9. The zero-order valence-corrected chi connectivity index (χ0v) is 21.7. The summed E-state index contributed by atoms with van der Waals surface area (Å²) in [6.45, 7) is 9.03. The number of hydrogen-bond acceptors (Lipinski definition) is 8. The third-order valence-corrected chi connectivity index (χ3v) is 8.45. The van der Waals surface area contributed by atoms with Crippen molar-refractivity contribution in [3.63, 3.8) is 0 Å². The van der Waals surface area contributed by atoms with E-state index in [4.69, 9.17) is 5.73 Å². The standard InChI is InChI=1S/C28H36N2O7/c1-5-13(4)10-30-11-14-6-7-18(31)21-16(14)8-15-9-17-19(12(2)3)23(32)22(27(29)36)26(35)28(17,37)25(34)20(15)24(21)33/h6-7,12-13,15,17,19,30-31,33,35,37H,5,8-11H2,1-4H3,(H2,29,36)/t13?,15-,17-,19-,28-/m0/s1. The monoisotopic (exact) mass is 512 g/mol. The van der Waals surface area contributed by atoms with Crippen molar-refractivity contribution >= 4 is 23.2 Å². The van der Waals surface area contributed by atoms with Crippen LogP contribution in [0.15, 0.2) is 29.0 Å². The number of rotatable bonds is 7. The number of benzene rings is 1. The van der Waals surface area contributed by atoms with Gasteiger partial charge in [-0.25, -0.2) is 0 Å². The van der Waals surface area contributed by atoms with E-state index >= 15 is 0 Å². The lowest BCUT2D eigenvalue weighted by Gasteiger charge is -2.50. The first-order valence-electron chi connectivity index (χ1n) is 12.9. The number of aromatic hydroxyl groups is 1. The van der Waals surface area contributed by atoms with E-state index in [2.05, 4.69) is 19.2 Å². The number of ketones is 2. The van der Waals surface area contributed by atoms with Crippen LogP contribution in [0.5, 0.6) is 5.75 Å². The van der Waals surface area contributed by atoms with Crippen molar-refractivity contribution in [2.45, 2.75) is 59.1 Å². The fourth-order valence-electron chi connectivity index (χ4n) is 6.31. The molecule has 0 aromatic heterocycles. The molecule has 1 fully saturated rings. The topological polar surface area (TPSA) is 170 Å². The fraction of sp³-hybridized carbons (Fsp3) is 0.536. The predicted molar refractivity (Wildman–Crippen MR) is 136 cm³/mol. The van der Waals surface area contributed by atoms with Gasteiger partial charge in [0.2, 0.25) is 5.78 Å². The number of phenols is 1. The van der Waals surface area contributed by atoms with Crippen LogP contribution in [0.25, 0.3) is 5.76 Å². The van der Waals surface area contributed by atoms with Crippen molar-refractivity contribution in [1.82, 2.24) is 5.32 Å². The van der Waals surface area contributed by atoms with E-state index in [9.17, 15) is 34.8 Å². The summed E-state index contributed by atoms with van der Waals surface area (Å²) in [5, 5.41) is 47.9. The number of carbonyl (C=O) groups is 3. The van der Waals surface area contributed by atoms with E-state index in [1.54, 1.807) is 19.9 Å². The van der Waals surface area contributed by atoms with E-state index < -0.39 is 57.9 Å². The Morgan fingerprint density at radius 1 is 1.19 bits per heavy atom.